The highest BCUT2D eigenvalue weighted by Gasteiger charge is 2.61. The Labute approximate surface area is 107 Å². The summed E-state index contributed by atoms with van der Waals surface area (Å²) in [6.07, 6.45) is 4.04. The summed E-state index contributed by atoms with van der Waals surface area (Å²) in [7, 11) is 0. The molecule has 4 heteroatoms. The Morgan fingerprint density at radius 2 is 2.24 bits per heavy atom. The number of carboxylic acid groups (broad SMARTS) is 1. The second kappa shape index (κ2) is 5.59. The Morgan fingerprint density at radius 3 is 2.65 bits per heavy atom. The first-order valence-corrected chi connectivity index (χ1v) is 6.91. The van der Waals surface area contributed by atoms with E-state index in [9.17, 15) is 4.79 Å². The lowest BCUT2D eigenvalue weighted by molar-refractivity contribution is -0.139. The number of hydrogen-bond acceptors (Lipinski definition) is 3. The fourth-order valence-corrected chi connectivity index (χ4v) is 3.03. The van der Waals surface area contributed by atoms with Gasteiger partial charge in [-0.25, -0.2) is 0 Å². The van der Waals surface area contributed by atoms with Crippen LogP contribution in [0.15, 0.2) is 11.0 Å². The van der Waals surface area contributed by atoms with Crippen LogP contribution in [0.4, 0.5) is 0 Å². The molecule has 2 atom stereocenters. The molecule has 0 aromatic heterocycles. The minimum atomic E-state index is -0.757. The van der Waals surface area contributed by atoms with Crippen molar-refractivity contribution in [3.05, 3.63) is 11.0 Å². The summed E-state index contributed by atoms with van der Waals surface area (Å²) in [5.41, 5.74) is -0.209. The number of thioether (sulfide) groups is 1. The van der Waals surface area contributed by atoms with Gasteiger partial charge in [-0.05, 0) is 23.5 Å². The Morgan fingerprint density at radius 1 is 1.59 bits per heavy atom. The number of rotatable bonds is 6. The molecule has 1 fully saturated rings. The average Bonchev–Trinajstić information content (AvgIpc) is 2.79. The number of carboxylic acids is 1. The van der Waals surface area contributed by atoms with Gasteiger partial charge >= 0.3 is 5.97 Å². The zero-order valence-corrected chi connectivity index (χ0v) is 11.4. The molecule has 1 aliphatic rings. The monoisotopic (exact) mass is 253 g/mol. The first kappa shape index (κ1) is 14.1. The standard InChI is InChI=1S/C13H19NO2S/c1-4-5-6-17-9(8-14)7-10-11(12(15)16)13(10,2)3/h7,10-11H,4-6H2,1-3H3,(H,15,16)/b9-7+/t10-,11?/m0/s1. The van der Waals surface area contributed by atoms with Crippen LogP contribution in [0.3, 0.4) is 0 Å². The second-order valence-electron chi connectivity index (χ2n) is 5.01. The third-order valence-corrected chi connectivity index (χ3v) is 4.40. The molecule has 0 radical (unpaired) electrons. The van der Waals surface area contributed by atoms with Gasteiger partial charge in [-0.1, -0.05) is 33.3 Å². The zero-order chi connectivity index (χ0) is 13.1. The maximum absolute atomic E-state index is 11.0. The molecule has 0 bridgehead atoms. The van der Waals surface area contributed by atoms with E-state index in [1.807, 2.05) is 19.9 Å². The first-order chi connectivity index (χ1) is 7.95. The van der Waals surface area contributed by atoms with Crippen LogP contribution in [0.1, 0.15) is 33.6 Å². The highest BCUT2D eigenvalue weighted by molar-refractivity contribution is 8.03. The van der Waals surface area contributed by atoms with Gasteiger partial charge in [-0.3, -0.25) is 4.79 Å². The number of hydrogen-bond donors (Lipinski definition) is 1. The Kier molecular flexibility index (Phi) is 4.64. The van der Waals surface area contributed by atoms with Crippen molar-refractivity contribution in [3.63, 3.8) is 0 Å². The van der Waals surface area contributed by atoms with Crippen LogP contribution in [0.2, 0.25) is 0 Å². The molecule has 1 rings (SSSR count). The number of carbonyl (C=O) groups is 1. The van der Waals surface area contributed by atoms with Crippen LogP contribution in [0.25, 0.3) is 0 Å². The first-order valence-electron chi connectivity index (χ1n) is 5.92. The highest BCUT2D eigenvalue weighted by atomic mass is 32.2. The lowest BCUT2D eigenvalue weighted by Gasteiger charge is -1.99. The molecule has 1 N–H and O–H groups in total. The number of unbranched alkanes of at least 4 members (excludes halogenated alkanes) is 1. The fraction of sp³-hybridized carbons (Fsp3) is 0.692. The summed E-state index contributed by atoms with van der Waals surface area (Å²) in [5.74, 6) is -0.158. The minimum absolute atomic E-state index is 0.00350. The van der Waals surface area contributed by atoms with Gasteiger partial charge in [0.1, 0.15) is 6.07 Å². The van der Waals surface area contributed by atoms with Crippen molar-refractivity contribution >= 4 is 17.7 Å². The maximum Gasteiger partial charge on any atom is 0.307 e. The van der Waals surface area contributed by atoms with Gasteiger partial charge in [0.15, 0.2) is 0 Å². The highest BCUT2D eigenvalue weighted by Crippen LogP contribution is 2.59. The molecule has 0 heterocycles. The van der Waals surface area contributed by atoms with Crippen LogP contribution in [0, 0.1) is 28.6 Å². The predicted octanol–water partition coefficient (Wildman–Crippen LogP) is 3.28. The van der Waals surface area contributed by atoms with Gasteiger partial charge in [-0.15, -0.1) is 11.8 Å². The topological polar surface area (TPSA) is 61.1 Å². The number of allylic oxidation sites excluding steroid dienone is 2. The van der Waals surface area contributed by atoms with Crippen molar-refractivity contribution in [2.24, 2.45) is 17.3 Å². The molecule has 3 nitrogen and oxygen atoms in total. The van der Waals surface area contributed by atoms with Crippen LogP contribution < -0.4 is 0 Å². The summed E-state index contributed by atoms with van der Waals surface area (Å²) in [6.45, 7) is 6.00. The van der Waals surface area contributed by atoms with E-state index in [0.29, 0.717) is 4.91 Å². The van der Waals surface area contributed by atoms with Crippen LogP contribution in [-0.4, -0.2) is 16.8 Å². The zero-order valence-electron chi connectivity index (χ0n) is 10.6. The minimum Gasteiger partial charge on any atom is -0.481 e. The molecule has 0 spiro atoms. The third-order valence-electron chi connectivity index (χ3n) is 3.37. The van der Waals surface area contributed by atoms with Gasteiger partial charge in [0.2, 0.25) is 0 Å². The molecule has 1 aliphatic carbocycles. The van der Waals surface area contributed by atoms with E-state index in [2.05, 4.69) is 13.0 Å². The molecule has 0 aromatic rings. The third kappa shape index (κ3) is 3.26. The number of nitrogens with zero attached hydrogens (tertiary/aromatic N) is 1. The van der Waals surface area contributed by atoms with Crippen molar-refractivity contribution in [2.75, 3.05) is 5.75 Å². The van der Waals surface area contributed by atoms with Crippen LogP contribution in [-0.2, 0) is 4.79 Å². The summed E-state index contributed by atoms with van der Waals surface area (Å²) < 4.78 is 0. The molecule has 0 aromatic carbocycles. The second-order valence-corrected chi connectivity index (χ2v) is 6.14. The lowest BCUT2D eigenvalue weighted by Crippen LogP contribution is -2.03. The van der Waals surface area contributed by atoms with E-state index >= 15 is 0 Å². The molecule has 0 amide bonds. The van der Waals surface area contributed by atoms with Crippen molar-refractivity contribution in [3.8, 4) is 6.07 Å². The quantitative estimate of drug-likeness (QED) is 0.583. The molecule has 94 valence electrons. The predicted molar refractivity (Wildman–Crippen MR) is 69.5 cm³/mol. The SMILES string of the molecule is CCCCS/C(C#N)=C/[C@H]1C(C(=O)O)C1(C)C. The Hall–Kier alpha value is -0.950. The largest absolute Gasteiger partial charge is 0.481 e. The van der Waals surface area contributed by atoms with E-state index in [4.69, 9.17) is 10.4 Å². The summed E-state index contributed by atoms with van der Waals surface area (Å²) >= 11 is 1.54. The smallest absolute Gasteiger partial charge is 0.307 e. The summed E-state index contributed by atoms with van der Waals surface area (Å²) in [5, 5.41) is 18.1. The van der Waals surface area contributed by atoms with Crippen molar-refractivity contribution in [1.29, 1.82) is 5.26 Å². The number of aliphatic carboxylic acids is 1. The Bertz CT molecular complexity index is 368. The fourth-order valence-electron chi connectivity index (χ4n) is 2.07. The Balaban J connectivity index is 2.62. The van der Waals surface area contributed by atoms with Gasteiger partial charge < -0.3 is 5.11 Å². The van der Waals surface area contributed by atoms with Gasteiger partial charge in [0.05, 0.1) is 10.8 Å². The van der Waals surface area contributed by atoms with E-state index in [0.717, 1.165) is 18.6 Å². The van der Waals surface area contributed by atoms with Crippen LogP contribution >= 0.6 is 11.8 Å². The molecule has 17 heavy (non-hydrogen) atoms. The summed E-state index contributed by atoms with van der Waals surface area (Å²) in [4.78, 5) is 11.7. The van der Waals surface area contributed by atoms with Gasteiger partial charge in [-0.2, -0.15) is 5.26 Å². The summed E-state index contributed by atoms with van der Waals surface area (Å²) in [6, 6.07) is 2.16. The van der Waals surface area contributed by atoms with Crippen molar-refractivity contribution in [2.45, 2.75) is 33.6 Å². The van der Waals surface area contributed by atoms with Crippen molar-refractivity contribution < 1.29 is 9.90 Å². The molecular formula is C13H19NO2S. The van der Waals surface area contributed by atoms with E-state index in [-0.39, 0.29) is 17.3 Å². The average molecular weight is 253 g/mol. The van der Waals surface area contributed by atoms with E-state index < -0.39 is 5.97 Å². The molecule has 1 saturated carbocycles. The van der Waals surface area contributed by atoms with Gasteiger partial charge in [0.25, 0.3) is 0 Å². The van der Waals surface area contributed by atoms with Crippen LogP contribution in [0.5, 0.6) is 0 Å². The van der Waals surface area contributed by atoms with Crippen molar-refractivity contribution in [1.82, 2.24) is 0 Å². The molecule has 0 aliphatic heterocycles. The van der Waals surface area contributed by atoms with E-state index in [1.165, 1.54) is 11.8 Å². The maximum atomic E-state index is 11.0. The lowest BCUT2D eigenvalue weighted by atomic mass is 10.1. The van der Waals surface area contributed by atoms with E-state index in [1.54, 1.807) is 0 Å². The normalized spacial score (nSPS) is 26.4. The molecular weight excluding hydrogens is 234 g/mol. The molecule has 0 saturated heterocycles. The van der Waals surface area contributed by atoms with Gasteiger partial charge in [0, 0.05) is 0 Å². The molecule has 1 unspecified atom stereocenters. The number of nitriles is 1.